The van der Waals surface area contributed by atoms with E-state index < -0.39 is 10.9 Å². The summed E-state index contributed by atoms with van der Waals surface area (Å²) < 4.78 is 20.9. The molecule has 0 aromatic heterocycles. The number of nitrogens with one attached hydrogen (secondary N) is 2. The van der Waals surface area contributed by atoms with Gasteiger partial charge in [0.25, 0.3) is 10.9 Å². The molecule has 0 amide bonds. The fourth-order valence-corrected chi connectivity index (χ4v) is 2.16. The van der Waals surface area contributed by atoms with Crippen LogP contribution < -0.4 is 21.5 Å². The SMILES string of the molecule is CCC(=O)CCOCCOCCOCCNc1c(NCCOC)c(=O)c1=O. The van der Waals surface area contributed by atoms with Crippen molar-refractivity contribution < 1.29 is 23.7 Å². The molecular weight excluding hydrogens is 356 g/mol. The van der Waals surface area contributed by atoms with Gasteiger partial charge in [-0.05, 0) is 0 Å². The second kappa shape index (κ2) is 14.3. The van der Waals surface area contributed by atoms with Crippen molar-refractivity contribution in [2.75, 3.05) is 77.1 Å². The first-order valence-corrected chi connectivity index (χ1v) is 9.16. The molecule has 0 aliphatic carbocycles. The Morgan fingerprint density at radius 3 is 1.78 bits per heavy atom. The molecule has 0 radical (unpaired) electrons. The molecule has 1 rings (SSSR count). The van der Waals surface area contributed by atoms with E-state index in [0.29, 0.717) is 83.6 Å². The lowest BCUT2D eigenvalue weighted by atomic mass is 10.2. The number of hydrogen-bond donors (Lipinski definition) is 2. The molecule has 0 heterocycles. The monoisotopic (exact) mass is 386 g/mol. The van der Waals surface area contributed by atoms with Crippen LogP contribution in [0.3, 0.4) is 0 Å². The van der Waals surface area contributed by atoms with Gasteiger partial charge in [-0.15, -0.1) is 0 Å². The topological polar surface area (TPSA) is 112 Å². The van der Waals surface area contributed by atoms with Crippen molar-refractivity contribution in [3.63, 3.8) is 0 Å². The Hall–Kier alpha value is -1.81. The molecule has 0 saturated carbocycles. The molecule has 1 aromatic rings. The van der Waals surface area contributed by atoms with Gasteiger partial charge in [0.15, 0.2) is 0 Å². The number of rotatable bonds is 18. The molecule has 154 valence electrons. The molecule has 0 aliphatic rings. The van der Waals surface area contributed by atoms with E-state index in [1.165, 1.54) is 0 Å². The maximum Gasteiger partial charge on any atom is 0.253 e. The van der Waals surface area contributed by atoms with Crippen molar-refractivity contribution in [3.05, 3.63) is 20.4 Å². The molecule has 0 unspecified atom stereocenters. The molecule has 0 bridgehead atoms. The predicted molar refractivity (Wildman–Crippen MR) is 103 cm³/mol. The van der Waals surface area contributed by atoms with Gasteiger partial charge >= 0.3 is 0 Å². The van der Waals surface area contributed by atoms with E-state index in [0.717, 1.165) is 0 Å². The molecule has 2 N–H and O–H groups in total. The third kappa shape index (κ3) is 9.09. The molecular formula is C18H30N2O7. The van der Waals surface area contributed by atoms with Crippen LogP contribution in [0.2, 0.25) is 0 Å². The zero-order valence-corrected chi connectivity index (χ0v) is 16.1. The fourth-order valence-electron chi connectivity index (χ4n) is 2.16. The van der Waals surface area contributed by atoms with E-state index in [1.807, 2.05) is 6.92 Å². The number of carbonyl (C=O) groups excluding carboxylic acids is 1. The normalized spacial score (nSPS) is 11.0. The van der Waals surface area contributed by atoms with Crippen molar-refractivity contribution in [2.45, 2.75) is 19.8 Å². The van der Waals surface area contributed by atoms with Crippen LogP contribution in [0.15, 0.2) is 9.59 Å². The zero-order valence-electron chi connectivity index (χ0n) is 16.1. The molecule has 9 nitrogen and oxygen atoms in total. The lowest BCUT2D eigenvalue weighted by Crippen LogP contribution is -2.38. The number of hydrogen-bond acceptors (Lipinski definition) is 9. The molecule has 0 aliphatic heterocycles. The number of methoxy groups -OCH3 is 1. The first-order valence-electron chi connectivity index (χ1n) is 9.16. The van der Waals surface area contributed by atoms with Gasteiger partial charge in [0, 0.05) is 33.0 Å². The van der Waals surface area contributed by atoms with E-state index in [-0.39, 0.29) is 5.78 Å². The molecule has 0 fully saturated rings. The van der Waals surface area contributed by atoms with Crippen LogP contribution in [-0.2, 0) is 23.7 Å². The Bertz CT molecular complexity index is 611. The molecule has 0 saturated heterocycles. The largest absolute Gasteiger partial charge is 0.383 e. The minimum absolute atomic E-state index is 0.194. The summed E-state index contributed by atoms with van der Waals surface area (Å²) in [5.74, 6) is 0.194. The molecule has 0 atom stereocenters. The fraction of sp³-hybridized carbons (Fsp3) is 0.722. The van der Waals surface area contributed by atoms with E-state index in [2.05, 4.69) is 10.6 Å². The van der Waals surface area contributed by atoms with Gasteiger partial charge in [-0.25, -0.2) is 0 Å². The predicted octanol–water partition coefficient (Wildman–Crippen LogP) is 0.172. The second-order valence-corrected chi connectivity index (χ2v) is 5.73. The van der Waals surface area contributed by atoms with Crippen LogP contribution >= 0.6 is 0 Å². The smallest absolute Gasteiger partial charge is 0.253 e. The van der Waals surface area contributed by atoms with Crippen molar-refractivity contribution in [1.29, 1.82) is 0 Å². The maximum absolute atomic E-state index is 11.5. The summed E-state index contributed by atoms with van der Waals surface area (Å²) in [7, 11) is 1.56. The number of ketones is 1. The van der Waals surface area contributed by atoms with Crippen LogP contribution in [-0.4, -0.2) is 72.2 Å². The number of anilines is 2. The zero-order chi connectivity index (χ0) is 19.9. The Morgan fingerprint density at radius 1 is 0.778 bits per heavy atom. The number of carbonyl (C=O) groups is 1. The lowest BCUT2D eigenvalue weighted by Gasteiger charge is -2.14. The Labute approximate surface area is 159 Å². The summed E-state index contributed by atoms with van der Waals surface area (Å²) in [6.07, 6.45) is 0.986. The summed E-state index contributed by atoms with van der Waals surface area (Å²) in [5.41, 5.74) is -0.418. The van der Waals surface area contributed by atoms with E-state index >= 15 is 0 Å². The minimum atomic E-state index is -0.515. The molecule has 27 heavy (non-hydrogen) atoms. The van der Waals surface area contributed by atoms with Crippen molar-refractivity contribution in [1.82, 2.24) is 0 Å². The summed E-state index contributed by atoms with van der Waals surface area (Å²) >= 11 is 0. The van der Waals surface area contributed by atoms with Gasteiger partial charge in [0.2, 0.25) is 0 Å². The molecule has 9 heteroatoms. The average molecular weight is 386 g/mol. The van der Waals surface area contributed by atoms with Gasteiger partial charge in [-0.3, -0.25) is 14.4 Å². The average Bonchev–Trinajstić information content (AvgIpc) is 2.69. The second-order valence-electron chi connectivity index (χ2n) is 5.73. The Balaban J connectivity index is 1.98. The Kier molecular flexibility index (Phi) is 12.3. The van der Waals surface area contributed by atoms with Crippen LogP contribution in [0, 0.1) is 0 Å². The first-order chi connectivity index (χ1) is 13.1. The standard InChI is InChI=1S/C18H30N2O7/c1-3-14(21)4-7-25-10-12-27-13-11-26-9-6-20-16-15(17(22)18(16)23)19-5-8-24-2/h19-20H,3-13H2,1-2H3. The highest BCUT2D eigenvalue weighted by Gasteiger charge is 2.19. The van der Waals surface area contributed by atoms with E-state index in [9.17, 15) is 14.4 Å². The highest BCUT2D eigenvalue weighted by molar-refractivity contribution is 5.78. The van der Waals surface area contributed by atoms with Gasteiger partial charge in [-0.1, -0.05) is 6.92 Å². The van der Waals surface area contributed by atoms with Crippen LogP contribution in [0.25, 0.3) is 0 Å². The third-order valence-corrected chi connectivity index (χ3v) is 3.73. The maximum atomic E-state index is 11.5. The number of ether oxygens (including phenoxy) is 4. The summed E-state index contributed by atoms with van der Waals surface area (Å²) in [6.45, 7) is 5.71. The van der Waals surface area contributed by atoms with Gasteiger partial charge in [0.05, 0.1) is 46.2 Å². The summed E-state index contributed by atoms with van der Waals surface area (Å²) in [4.78, 5) is 34.1. The summed E-state index contributed by atoms with van der Waals surface area (Å²) in [5, 5.41) is 5.79. The molecule has 1 aromatic carbocycles. The quantitative estimate of drug-likeness (QED) is 0.269. The lowest BCUT2D eigenvalue weighted by molar-refractivity contribution is -0.120. The van der Waals surface area contributed by atoms with Crippen LogP contribution in [0.5, 0.6) is 0 Å². The van der Waals surface area contributed by atoms with Gasteiger partial charge < -0.3 is 29.6 Å². The van der Waals surface area contributed by atoms with Gasteiger partial charge in [0.1, 0.15) is 17.2 Å². The van der Waals surface area contributed by atoms with E-state index in [4.69, 9.17) is 18.9 Å². The van der Waals surface area contributed by atoms with E-state index in [1.54, 1.807) is 7.11 Å². The van der Waals surface area contributed by atoms with Crippen molar-refractivity contribution in [3.8, 4) is 0 Å². The van der Waals surface area contributed by atoms with Crippen LogP contribution in [0.1, 0.15) is 19.8 Å². The van der Waals surface area contributed by atoms with Crippen LogP contribution in [0.4, 0.5) is 11.4 Å². The minimum Gasteiger partial charge on any atom is -0.383 e. The highest BCUT2D eigenvalue weighted by atomic mass is 16.5. The highest BCUT2D eigenvalue weighted by Crippen LogP contribution is 2.13. The number of Topliss-reactive ketones (excluding diaryl/α,β-unsaturated/α-hetero) is 1. The van der Waals surface area contributed by atoms with Gasteiger partial charge in [-0.2, -0.15) is 0 Å². The first kappa shape index (κ1) is 23.2. The molecule has 0 spiro atoms. The van der Waals surface area contributed by atoms with Crippen molar-refractivity contribution >= 4 is 17.2 Å². The van der Waals surface area contributed by atoms with Crippen molar-refractivity contribution in [2.24, 2.45) is 0 Å². The summed E-state index contributed by atoms with van der Waals surface area (Å²) in [6, 6.07) is 0. The Morgan fingerprint density at radius 2 is 1.26 bits per heavy atom. The third-order valence-electron chi connectivity index (χ3n) is 3.73.